The zero-order valence-corrected chi connectivity index (χ0v) is 18.9. The molecule has 0 aliphatic carbocycles. The summed E-state index contributed by atoms with van der Waals surface area (Å²) < 4.78 is 16.1. The topological polar surface area (TPSA) is 93.5 Å². The lowest BCUT2D eigenvalue weighted by molar-refractivity contribution is -0.113. The molecule has 0 radical (unpaired) electrons. The van der Waals surface area contributed by atoms with Crippen molar-refractivity contribution < 1.29 is 19.0 Å². The second kappa shape index (κ2) is 11.1. The van der Waals surface area contributed by atoms with Crippen LogP contribution in [0.4, 0.5) is 5.69 Å². The van der Waals surface area contributed by atoms with Crippen molar-refractivity contribution in [2.45, 2.75) is 11.9 Å². The predicted molar refractivity (Wildman–Crippen MR) is 124 cm³/mol. The molecule has 1 aromatic heterocycles. The first-order valence-corrected chi connectivity index (χ1v) is 10.9. The summed E-state index contributed by atoms with van der Waals surface area (Å²) >= 11 is 1.21. The van der Waals surface area contributed by atoms with Crippen LogP contribution in [0, 0.1) is 11.3 Å². The van der Waals surface area contributed by atoms with Crippen LogP contribution in [0.1, 0.15) is 12.5 Å². The molecule has 32 heavy (non-hydrogen) atoms. The van der Waals surface area contributed by atoms with Crippen molar-refractivity contribution in [2.24, 2.45) is 0 Å². The van der Waals surface area contributed by atoms with E-state index in [0.29, 0.717) is 45.8 Å². The molecule has 0 bridgehead atoms. The van der Waals surface area contributed by atoms with Crippen molar-refractivity contribution in [3.8, 4) is 34.6 Å². The number of nitriles is 1. The first-order valence-electron chi connectivity index (χ1n) is 9.87. The summed E-state index contributed by atoms with van der Waals surface area (Å²) in [5.74, 6) is 1.79. The van der Waals surface area contributed by atoms with Gasteiger partial charge in [-0.05, 0) is 49.4 Å². The number of rotatable bonds is 9. The van der Waals surface area contributed by atoms with E-state index in [4.69, 9.17) is 14.2 Å². The van der Waals surface area contributed by atoms with E-state index in [1.807, 2.05) is 31.2 Å². The van der Waals surface area contributed by atoms with Gasteiger partial charge >= 0.3 is 0 Å². The summed E-state index contributed by atoms with van der Waals surface area (Å²) in [5.41, 5.74) is 2.53. The van der Waals surface area contributed by atoms with Gasteiger partial charge in [0.1, 0.15) is 16.8 Å². The highest BCUT2D eigenvalue weighted by Gasteiger charge is 2.13. The number of hydrogen-bond donors (Lipinski definition) is 1. The summed E-state index contributed by atoms with van der Waals surface area (Å²) in [6, 6.07) is 18.3. The fourth-order valence-electron chi connectivity index (χ4n) is 2.95. The Labute approximate surface area is 191 Å². The van der Waals surface area contributed by atoms with Gasteiger partial charge in [0.05, 0.1) is 37.8 Å². The molecule has 0 fully saturated rings. The minimum Gasteiger partial charge on any atom is -0.494 e. The lowest BCUT2D eigenvalue weighted by Gasteiger charge is -2.11. The molecule has 7 nitrogen and oxygen atoms in total. The SMILES string of the molecule is CCOc1cccc(NC(=O)CSc2nc(-c3ccc(OC)c(OC)c3)ccc2C#N)c1. The van der Waals surface area contributed by atoms with Crippen LogP contribution in [0.25, 0.3) is 11.3 Å². The lowest BCUT2D eigenvalue weighted by Crippen LogP contribution is -2.14. The number of carbonyl (C=O) groups is 1. The van der Waals surface area contributed by atoms with Gasteiger partial charge in [-0.15, -0.1) is 0 Å². The van der Waals surface area contributed by atoms with E-state index in [0.717, 1.165) is 5.56 Å². The zero-order valence-electron chi connectivity index (χ0n) is 18.0. The molecular formula is C24H23N3O4S. The summed E-state index contributed by atoms with van der Waals surface area (Å²) in [6.07, 6.45) is 0. The van der Waals surface area contributed by atoms with Gasteiger partial charge in [0.2, 0.25) is 5.91 Å². The fourth-order valence-corrected chi connectivity index (χ4v) is 3.73. The Hall–Kier alpha value is -3.70. The zero-order chi connectivity index (χ0) is 22.9. The van der Waals surface area contributed by atoms with Gasteiger partial charge in [-0.3, -0.25) is 4.79 Å². The van der Waals surface area contributed by atoms with E-state index >= 15 is 0 Å². The second-order valence-electron chi connectivity index (χ2n) is 6.53. The number of methoxy groups -OCH3 is 2. The summed E-state index contributed by atoms with van der Waals surface area (Å²) in [7, 11) is 3.14. The Balaban J connectivity index is 1.74. The lowest BCUT2D eigenvalue weighted by atomic mass is 10.1. The molecule has 1 heterocycles. The minimum absolute atomic E-state index is 0.107. The number of hydrogen-bond acceptors (Lipinski definition) is 7. The van der Waals surface area contributed by atoms with Gasteiger partial charge in [-0.2, -0.15) is 5.26 Å². The molecule has 1 N–H and O–H groups in total. The van der Waals surface area contributed by atoms with Gasteiger partial charge in [-0.1, -0.05) is 17.8 Å². The molecule has 2 aromatic carbocycles. The van der Waals surface area contributed by atoms with Crippen LogP contribution in [0.3, 0.4) is 0 Å². The summed E-state index contributed by atoms with van der Waals surface area (Å²) in [5, 5.41) is 12.8. The maximum absolute atomic E-state index is 12.4. The van der Waals surface area contributed by atoms with Crippen molar-refractivity contribution in [3.63, 3.8) is 0 Å². The Morgan fingerprint density at radius 2 is 1.91 bits per heavy atom. The molecule has 0 spiro atoms. The smallest absolute Gasteiger partial charge is 0.234 e. The van der Waals surface area contributed by atoms with Crippen molar-refractivity contribution >= 4 is 23.4 Å². The van der Waals surface area contributed by atoms with Gasteiger partial charge in [-0.25, -0.2) is 4.98 Å². The number of ether oxygens (including phenoxy) is 3. The molecule has 8 heteroatoms. The predicted octanol–water partition coefficient (Wildman–Crippen LogP) is 4.77. The fraction of sp³-hybridized carbons (Fsp3) is 0.208. The van der Waals surface area contributed by atoms with E-state index in [2.05, 4.69) is 16.4 Å². The van der Waals surface area contributed by atoms with Crippen molar-refractivity contribution in [1.29, 1.82) is 5.26 Å². The van der Waals surface area contributed by atoms with Crippen LogP contribution in [0.15, 0.2) is 59.6 Å². The first-order chi connectivity index (χ1) is 15.6. The number of carbonyl (C=O) groups excluding carboxylic acids is 1. The minimum atomic E-state index is -0.203. The number of benzene rings is 2. The molecule has 0 saturated heterocycles. The molecule has 1 amide bonds. The third kappa shape index (κ3) is 5.71. The van der Waals surface area contributed by atoms with E-state index in [-0.39, 0.29) is 11.7 Å². The second-order valence-corrected chi connectivity index (χ2v) is 7.49. The Bertz CT molecular complexity index is 1140. The van der Waals surface area contributed by atoms with Gasteiger partial charge in [0.25, 0.3) is 0 Å². The van der Waals surface area contributed by atoms with Gasteiger partial charge in [0, 0.05) is 17.3 Å². The Morgan fingerprint density at radius 1 is 1.09 bits per heavy atom. The first kappa shape index (κ1) is 23.0. The van der Waals surface area contributed by atoms with Crippen LogP contribution in [0.2, 0.25) is 0 Å². The number of amides is 1. The van der Waals surface area contributed by atoms with Crippen LogP contribution in [-0.4, -0.2) is 37.5 Å². The molecule has 3 aromatic rings. The van der Waals surface area contributed by atoms with E-state index < -0.39 is 0 Å². The Kier molecular flexibility index (Phi) is 7.95. The van der Waals surface area contributed by atoms with Gasteiger partial charge in [0.15, 0.2) is 11.5 Å². The van der Waals surface area contributed by atoms with Crippen LogP contribution in [0.5, 0.6) is 17.2 Å². The highest BCUT2D eigenvalue weighted by atomic mass is 32.2. The van der Waals surface area contributed by atoms with Crippen LogP contribution < -0.4 is 19.5 Å². The average molecular weight is 450 g/mol. The largest absolute Gasteiger partial charge is 0.494 e. The molecule has 0 aliphatic rings. The third-order valence-electron chi connectivity index (χ3n) is 4.43. The maximum atomic E-state index is 12.4. The normalized spacial score (nSPS) is 10.2. The Morgan fingerprint density at radius 3 is 2.62 bits per heavy atom. The molecule has 0 unspecified atom stereocenters. The molecule has 0 atom stereocenters. The van der Waals surface area contributed by atoms with E-state index in [1.54, 1.807) is 44.6 Å². The number of aromatic nitrogens is 1. The van der Waals surface area contributed by atoms with Crippen molar-refractivity contribution in [1.82, 2.24) is 4.98 Å². The molecule has 0 aliphatic heterocycles. The summed E-state index contributed by atoms with van der Waals surface area (Å²) in [6.45, 7) is 2.45. The molecule has 0 saturated carbocycles. The maximum Gasteiger partial charge on any atom is 0.234 e. The monoisotopic (exact) mass is 449 g/mol. The van der Waals surface area contributed by atoms with Crippen LogP contribution >= 0.6 is 11.8 Å². The molecular weight excluding hydrogens is 426 g/mol. The van der Waals surface area contributed by atoms with Crippen molar-refractivity contribution in [2.75, 3.05) is 31.9 Å². The van der Waals surface area contributed by atoms with E-state index in [9.17, 15) is 10.1 Å². The number of anilines is 1. The van der Waals surface area contributed by atoms with Crippen molar-refractivity contribution in [3.05, 3.63) is 60.2 Å². The van der Waals surface area contributed by atoms with E-state index in [1.165, 1.54) is 11.8 Å². The highest BCUT2D eigenvalue weighted by molar-refractivity contribution is 8.00. The number of thioether (sulfide) groups is 1. The number of pyridine rings is 1. The van der Waals surface area contributed by atoms with Crippen LogP contribution in [-0.2, 0) is 4.79 Å². The summed E-state index contributed by atoms with van der Waals surface area (Å²) in [4.78, 5) is 17.1. The molecule has 164 valence electrons. The highest BCUT2D eigenvalue weighted by Crippen LogP contribution is 2.33. The number of nitrogens with zero attached hydrogens (tertiary/aromatic N) is 2. The molecule has 3 rings (SSSR count). The number of nitrogens with one attached hydrogen (secondary N) is 1. The quantitative estimate of drug-likeness (QED) is 0.471. The average Bonchev–Trinajstić information content (AvgIpc) is 2.82. The van der Waals surface area contributed by atoms with Gasteiger partial charge < -0.3 is 19.5 Å². The third-order valence-corrected chi connectivity index (χ3v) is 5.42. The standard InChI is InChI=1S/C24H23N3O4S/c1-4-31-19-7-5-6-18(13-19)26-23(28)15-32-24-17(14-25)8-10-20(27-24)16-9-11-21(29-2)22(12-16)30-3/h5-13H,4,15H2,1-3H3,(H,26,28).